The van der Waals surface area contributed by atoms with Crippen LogP contribution in [0.2, 0.25) is 0 Å². The minimum absolute atomic E-state index is 0.115. The normalized spacial score (nSPS) is 15.6. The zero-order valence-corrected chi connectivity index (χ0v) is 17.8. The third kappa shape index (κ3) is 3.16. The molecule has 0 saturated heterocycles. The summed E-state index contributed by atoms with van der Waals surface area (Å²) in [5.41, 5.74) is 3.46. The summed E-state index contributed by atoms with van der Waals surface area (Å²) in [5, 5.41) is 6.25. The van der Waals surface area contributed by atoms with Gasteiger partial charge in [-0.05, 0) is 55.0 Å². The van der Waals surface area contributed by atoms with Gasteiger partial charge in [0.2, 0.25) is 5.91 Å². The molecule has 1 aliphatic carbocycles. The number of fused-ring (bicyclic) bond motifs is 1. The summed E-state index contributed by atoms with van der Waals surface area (Å²) < 4.78 is 0. The van der Waals surface area contributed by atoms with Gasteiger partial charge >= 0.3 is 0 Å². The molecule has 3 aromatic heterocycles. The molecule has 29 heavy (non-hydrogen) atoms. The van der Waals surface area contributed by atoms with Gasteiger partial charge in [-0.1, -0.05) is 42.4 Å². The number of nitrogens with zero attached hydrogens (tertiary/aromatic N) is 2. The highest BCUT2D eigenvalue weighted by Gasteiger charge is 2.43. The molecule has 0 unspecified atom stereocenters. The summed E-state index contributed by atoms with van der Waals surface area (Å²) in [7, 11) is 0. The molecule has 146 valence electrons. The predicted molar refractivity (Wildman–Crippen MR) is 121 cm³/mol. The quantitative estimate of drug-likeness (QED) is 0.430. The summed E-state index contributed by atoms with van der Waals surface area (Å²) in [6, 6.07) is 14.1. The smallest absolute Gasteiger partial charge is 0.235 e. The number of anilines is 1. The number of amides is 1. The van der Waals surface area contributed by atoms with Gasteiger partial charge in [0, 0.05) is 22.3 Å². The fourth-order valence-corrected chi connectivity index (χ4v) is 6.22. The summed E-state index contributed by atoms with van der Waals surface area (Å²) in [6.45, 7) is 2.05. The number of carbonyl (C=O) groups excluding carboxylic acids is 1. The van der Waals surface area contributed by atoms with E-state index in [1.807, 2.05) is 30.3 Å². The van der Waals surface area contributed by atoms with E-state index in [2.05, 4.69) is 34.7 Å². The van der Waals surface area contributed by atoms with E-state index in [1.54, 1.807) is 28.9 Å². The van der Waals surface area contributed by atoms with Crippen LogP contribution in [0.25, 0.3) is 20.9 Å². The first kappa shape index (κ1) is 18.5. The molecule has 1 aromatic carbocycles. The highest BCUT2D eigenvalue weighted by molar-refractivity contribution is 7.21. The molecule has 0 bridgehead atoms. The number of thiophene rings is 1. The van der Waals surface area contributed by atoms with Crippen molar-refractivity contribution in [2.75, 3.05) is 5.32 Å². The average Bonchev–Trinajstić information content (AvgIpc) is 3.49. The van der Waals surface area contributed by atoms with E-state index < -0.39 is 5.41 Å². The first-order chi connectivity index (χ1) is 14.2. The molecular weight excluding hydrogens is 398 g/mol. The van der Waals surface area contributed by atoms with Crippen LogP contribution < -0.4 is 5.32 Å². The maximum absolute atomic E-state index is 13.4. The zero-order valence-electron chi connectivity index (χ0n) is 16.1. The zero-order chi connectivity index (χ0) is 19.8. The lowest BCUT2D eigenvalue weighted by atomic mass is 9.83. The van der Waals surface area contributed by atoms with Crippen molar-refractivity contribution >= 4 is 44.6 Å². The Morgan fingerprint density at radius 3 is 2.72 bits per heavy atom. The lowest BCUT2D eigenvalue weighted by molar-refractivity contribution is -0.121. The van der Waals surface area contributed by atoms with Crippen LogP contribution in [-0.2, 0) is 10.2 Å². The van der Waals surface area contributed by atoms with Crippen LogP contribution in [0, 0.1) is 6.92 Å². The topological polar surface area (TPSA) is 54.9 Å². The molecule has 0 spiro atoms. The number of carbonyl (C=O) groups is 1. The maximum atomic E-state index is 13.4. The molecule has 3 heterocycles. The number of hydrogen-bond acceptors (Lipinski definition) is 5. The van der Waals surface area contributed by atoms with E-state index in [1.165, 1.54) is 4.88 Å². The van der Waals surface area contributed by atoms with Gasteiger partial charge in [0.25, 0.3) is 0 Å². The Balaban J connectivity index is 1.49. The Morgan fingerprint density at radius 2 is 1.97 bits per heavy atom. The lowest BCUT2D eigenvalue weighted by Crippen LogP contribution is -2.37. The van der Waals surface area contributed by atoms with Crippen molar-refractivity contribution in [3.63, 3.8) is 0 Å². The lowest BCUT2D eigenvalue weighted by Gasteiger charge is -2.27. The molecule has 1 saturated carbocycles. The molecule has 0 radical (unpaired) electrons. The third-order valence-corrected chi connectivity index (χ3v) is 7.95. The second kappa shape index (κ2) is 7.35. The standard InChI is InChI=1S/C23H21N3OS2/c1-15-16(20-25-18-9-5-13-24-21(18)29-20)7-4-8-17(15)26-22(27)23(11-2-3-12-23)19-10-6-14-28-19/h4-10,13-14H,2-3,11-12H2,1H3,(H,26,27). The number of pyridine rings is 1. The summed E-state index contributed by atoms with van der Waals surface area (Å²) in [5.74, 6) is 0.115. The van der Waals surface area contributed by atoms with E-state index in [-0.39, 0.29) is 5.91 Å². The Bertz CT molecular complexity index is 1140. The van der Waals surface area contributed by atoms with Gasteiger partial charge in [-0.15, -0.1) is 11.3 Å². The van der Waals surface area contributed by atoms with Crippen molar-refractivity contribution in [2.24, 2.45) is 0 Å². The van der Waals surface area contributed by atoms with Gasteiger partial charge in [-0.3, -0.25) is 4.79 Å². The number of thiazole rings is 1. The van der Waals surface area contributed by atoms with E-state index in [0.29, 0.717) is 0 Å². The molecule has 1 N–H and O–H groups in total. The largest absolute Gasteiger partial charge is 0.325 e. The fraction of sp³-hybridized carbons (Fsp3) is 0.261. The maximum Gasteiger partial charge on any atom is 0.235 e. The van der Waals surface area contributed by atoms with Crippen LogP contribution in [-0.4, -0.2) is 15.9 Å². The van der Waals surface area contributed by atoms with Crippen LogP contribution in [0.1, 0.15) is 36.1 Å². The van der Waals surface area contributed by atoms with Crippen molar-refractivity contribution in [2.45, 2.75) is 38.0 Å². The van der Waals surface area contributed by atoms with Crippen LogP contribution >= 0.6 is 22.7 Å². The molecule has 4 nitrogen and oxygen atoms in total. The molecule has 5 rings (SSSR count). The number of rotatable bonds is 4. The highest BCUT2D eigenvalue weighted by atomic mass is 32.1. The van der Waals surface area contributed by atoms with E-state index in [9.17, 15) is 4.79 Å². The predicted octanol–water partition coefficient (Wildman–Crippen LogP) is 6.18. The molecule has 0 aliphatic heterocycles. The summed E-state index contributed by atoms with van der Waals surface area (Å²) >= 11 is 3.27. The van der Waals surface area contributed by atoms with Crippen molar-refractivity contribution in [3.8, 4) is 10.6 Å². The Morgan fingerprint density at radius 1 is 1.10 bits per heavy atom. The molecule has 4 aromatic rings. The van der Waals surface area contributed by atoms with Crippen LogP contribution in [0.15, 0.2) is 54.0 Å². The summed E-state index contributed by atoms with van der Waals surface area (Å²) in [4.78, 5) is 24.7. The van der Waals surface area contributed by atoms with Gasteiger partial charge in [-0.25, -0.2) is 9.97 Å². The number of benzene rings is 1. The minimum Gasteiger partial charge on any atom is -0.325 e. The first-order valence-corrected chi connectivity index (χ1v) is 11.5. The number of aromatic nitrogens is 2. The van der Waals surface area contributed by atoms with Crippen LogP contribution in [0.4, 0.5) is 5.69 Å². The first-order valence-electron chi connectivity index (χ1n) is 9.84. The molecule has 6 heteroatoms. The summed E-state index contributed by atoms with van der Waals surface area (Å²) in [6.07, 6.45) is 5.83. The van der Waals surface area contributed by atoms with Gasteiger partial charge in [0.05, 0.1) is 5.41 Å². The Labute approximate surface area is 177 Å². The van der Waals surface area contributed by atoms with Gasteiger partial charge in [0.1, 0.15) is 15.4 Å². The molecular formula is C23H21N3OS2. The monoisotopic (exact) mass is 419 g/mol. The SMILES string of the molecule is Cc1c(NC(=O)C2(c3cccs3)CCCC2)cccc1-c1nc2cccnc2s1. The van der Waals surface area contributed by atoms with E-state index in [0.717, 1.165) is 57.9 Å². The van der Waals surface area contributed by atoms with Crippen molar-refractivity contribution in [1.82, 2.24) is 9.97 Å². The molecule has 1 amide bonds. The van der Waals surface area contributed by atoms with Crippen molar-refractivity contribution in [3.05, 3.63) is 64.5 Å². The minimum atomic E-state index is -0.392. The van der Waals surface area contributed by atoms with Crippen LogP contribution in [0.5, 0.6) is 0 Å². The van der Waals surface area contributed by atoms with Gasteiger partial charge in [-0.2, -0.15) is 0 Å². The number of nitrogens with one attached hydrogen (secondary N) is 1. The van der Waals surface area contributed by atoms with Gasteiger partial charge in [0.15, 0.2) is 0 Å². The van der Waals surface area contributed by atoms with E-state index >= 15 is 0 Å². The van der Waals surface area contributed by atoms with Gasteiger partial charge < -0.3 is 5.32 Å². The molecule has 1 fully saturated rings. The Hall–Kier alpha value is -2.57. The van der Waals surface area contributed by atoms with Crippen molar-refractivity contribution < 1.29 is 4.79 Å². The second-order valence-electron chi connectivity index (χ2n) is 7.55. The van der Waals surface area contributed by atoms with E-state index in [4.69, 9.17) is 4.98 Å². The van der Waals surface area contributed by atoms with Crippen LogP contribution in [0.3, 0.4) is 0 Å². The molecule has 0 atom stereocenters. The highest BCUT2D eigenvalue weighted by Crippen LogP contribution is 2.44. The van der Waals surface area contributed by atoms with Crippen molar-refractivity contribution in [1.29, 1.82) is 0 Å². The number of hydrogen-bond donors (Lipinski definition) is 1. The molecule has 1 aliphatic rings. The second-order valence-corrected chi connectivity index (χ2v) is 9.47. The third-order valence-electron chi connectivity index (χ3n) is 5.86. The Kier molecular flexibility index (Phi) is 4.68. The average molecular weight is 420 g/mol. The fourth-order valence-electron chi connectivity index (χ4n) is 4.24.